The maximum Gasteiger partial charge on any atom is 0.341 e. The van der Waals surface area contributed by atoms with Crippen molar-refractivity contribution in [2.24, 2.45) is 0 Å². The van der Waals surface area contributed by atoms with E-state index >= 15 is 0 Å². The molecular formula is C11H14N4O2. The van der Waals surface area contributed by atoms with E-state index in [2.05, 4.69) is 17.1 Å². The van der Waals surface area contributed by atoms with Crippen LogP contribution in [0.25, 0.3) is 5.82 Å². The maximum absolute atomic E-state index is 11.1. The van der Waals surface area contributed by atoms with Crippen molar-refractivity contribution >= 4 is 5.97 Å². The lowest BCUT2D eigenvalue weighted by Crippen LogP contribution is -2.11. The van der Waals surface area contributed by atoms with Crippen molar-refractivity contribution in [3.8, 4) is 5.82 Å². The topological polar surface area (TPSA) is 72.9 Å². The summed E-state index contributed by atoms with van der Waals surface area (Å²) >= 11 is 0. The van der Waals surface area contributed by atoms with E-state index in [-0.39, 0.29) is 5.56 Å². The number of hydrogen-bond acceptors (Lipinski definition) is 3. The standard InChI is InChI=1S/C11H14N4O2/c1-2-3-6-15-10(14-7-4-5-12-14)9(8-13-15)11(16)17/h4-5,7-8H,2-3,6H2,1H3,(H,16,17). The predicted molar refractivity (Wildman–Crippen MR) is 61.2 cm³/mol. The van der Waals surface area contributed by atoms with Crippen LogP contribution in [0.3, 0.4) is 0 Å². The van der Waals surface area contributed by atoms with Crippen LogP contribution in [0, 0.1) is 0 Å². The van der Waals surface area contributed by atoms with Crippen molar-refractivity contribution < 1.29 is 9.90 Å². The number of carboxylic acid groups (broad SMARTS) is 1. The molecule has 0 aliphatic heterocycles. The van der Waals surface area contributed by atoms with Crippen molar-refractivity contribution in [2.45, 2.75) is 26.3 Å². The Hall–Kier alpha value is -2.11. The number of hydrogen-bond donors (Lipinski definition) is 1. The van der Waals surface area contributed by atoms with Crippen LogP contribution in [0.5, 0.6) is 0 Å². The smallest absolute Gasteiger partial charge is 0.341 e. The van der Waals surface area contributed by atoms with E-state index in [0.717, 1.165) is 12.8 Å². The summed E-state index contributed by atoms with van der Waals surface area (Å²) in [5.74, 6) is -0.478. The maximum atomic E-state index is 11.1. The quantitative estimate of drug-likeness (QED) is 0.852. The van der Waals surface area contributed by atoms with E-state index in [1.165, 1.54) is 10.9 Å². The number of aromatic nitrogens is 4. The third-order valence-electron chi connectivity index (χ3n) is 2.49. The Morgan fingerprint density at radius 3 is 2.88 bits per heavy atom. The van der Waals surface area contributed by atoms with Crippen molar-refractivity contribution in [1.29, 1.82) is 0 Å². The van der Waals surface area contributed by atoms with Gasteiger partial charge >= 0.3 is 5.97 Å². The molecule has 0 unspecified atom stereocenters. The fourth-order valence-corrected chi connectivity index (χ4v) is 1.64. The van der Waals surface area contributed by atoms with Gasteiger partial charge in [-0.3, -0.25) is 0 Å². The molecule has 0 amide bonds. The molecule has 17 heavy (non-hydrogen) atoms. The number of aryl methyl sites for hydroxylation is 1. The molecule has 2 rings (SSSR count). The van der Waals surface area contributed by atoms with Gasteiger partial charge in [0.25, 0.3) is 0 Å². The van der Waals surface area contributed by atoms with Crippen molar-refractivity contribution in [3.05, 3.63) is 30.2 Å². The first-order chi connectivity index (χ1) is 8.24. The van der Waals surface area contributed by atoms with Gasteiger partial charge in [0, 0.05) is 18.9 Å². The number of rotatable bonds is 5. The van der Waals surface area contributed by atoms with Crippen molar-refractivity contribution in [1.82, 2.24) is 19.6 Å². The number of carboxylic acids is 1. The van der Waals surface area contributed by atoms with Gasteiger partial charge < -0.3 is 5.11 Å². The predicted octanol–water partition coefficient (Wildman–Crippen LogP) is 1.57. The first-order valence-electron chi connectivity index (χ1n) is 5.53. The van der Waals surface area contributed by atoms with Gasteiger partial charge in [-0.05, 0) is 12.5 Å². The van der Waals surface area contributed by atoms with Crippen LogP contribution in [0.15, 0.2) is 24.7 Å². The lowest BCUT2D eigenvalue weighted by Gasteiger charge is -2.07. The summed E-state index contributed by atoms with van der Waals surface area (Å²) in [5.41, 5.74) is 0.171. The normalized spacial score (nSPS) is 10.6. The third-order valence-corrected chi connectivity index (χ3v) is 2.49. The van der Waals surface area contributed by atoms with Crippen molar-refractivity contribution in [2.75, 3.05) is 0 Å². The number of nitrogens with zero attached hydrogens (tertiary/aromatic N) is 4. The van der Waals surface area contributed by atoms with Crippen LogP contribution < -0.4 is 0 Å². The van der Waals surface area contributed by atoms with Gasteiger partial charge in [0.15, 0.2) is 5.82 Å². The zero-order chi connectivity index (χ0) is 12.3. The second kappa shape index (κ2) is 4.82. The summed E-state index contributed by atoms with van der Waals surface area (Å²) in [6.07, 6.45) is 6.68. The van der Waals surface area contributed by atoms with Crippen LogP contribution in [0.4, 0.5) is 0 Å². The first-order valence-corrected chi connectivity index (χ1v) is 5.53. The van der Waals surface area contributed by atoms with Crippen LogP contribution >= 0.6 is 0 Å². The number of aromatic carboxylic acids is 1. The van der Waals surface area contributed by atoms with E-state index < -0.39 is 5.97 Å². The minimum atomic E-state index is -0.988. The van der Waals surface area contributed by atoms with Crippen LogP contribution in [0.2, 0.25) is 0 Å². The Kier molecular flexibility index (Phi) is 3.22. The summed E-state index contributed by atoms with van der Waals surface area (Å²) in [7, 11) is 0. The molecule has 0 saturated carbocycles. The zero-order valence-corrected chi connectivity index (χ0v) is 9.58. The Balaban J connectivity index is 2.44. The Bertz CT molecular complexity index is 502. The summed E-state index contributed by atoms with van der Waals surface area (Å²) < 4.78 is 3.21. The van der Waals surface area contributed by atoms with Crippen LogP contribution in [-0.2, 0) is 6.54 Å². The molecule has 0 aliphatic carbocycles. The highest BCUT2D eigenvalue weighted by Gasteiger charge is 2.18. The van der Waals surface area contributed by atoms with Gasteiger partial charge in [0.2, 0.25) is 0 Å². The van der Waals surface area contributed by atoms with Gasteiger partial charge in [-0.25, -0.2) is 14.2 Å². The molecule has 0 aliphatic rings. The van der Waals surface area contributed by atoms with E-state index in [0.29, 0.717) is 12.4 Å². The third kappa shape index (κ3) is 2.20. The van der Waals surface area contributed by atoms with Gasteiger partial charge in [-0.15, -0.1) is 0 Å². The SMILES string of the molecule is CCCCn1ncc(C(=O)O)c1-n1cccn1. The Morgan fingerprint density at radius 1 is 1.47 bits per heavy atom. The monoisotopic (exact) mass is 234 g/mol. The minimum absolute atomic E-state index is 0.171. The summed E-state index contributed by atoms with van der Waals surface area (Å²) in [6, 6.07) is 1.75. The molecule has 6 nitrogen and oxygen atoms in total. The molecule has 0 radical (unpaired) electrons. The average molecular weight is 234 g/mol. The first kappa shape index (κ1) is 11.4. The largest absolute Gasteiger partial charge is 0.477 e. The Morgan fingerprint density at radius 2 is 2.29 bits per heavy atom. The van der Waals surface area contributed by atoms with Crippen molar-refractivity contribution in [3.63, 3.8) is 0 Å². The fourth-order valence-electron chi connectivity index (χ4n) is 1.64. The van der Waals surface area contributed by atoms with E-state index in [1.807, 2.05) is 0 Å². The highest BCUT2D eigenvalue weighted by Crippen LogP contribution is 2.14. The highest BCUT2D eigenvalue weighted by atomic mass is 16.4. The summed E-state index contributed by atoms with van der Waals surface area (Å²) in [4.78, 5) is 11.1. The lowest BCUT2D eigenvalue weighted by molar-refractivity contribution is 0.0696. The molecule has 0 bridgehead atoms. The van der Waals surface area contributed by atoms with E-state index in [9.17, 15) is 4.79 Å². The van der Waals surface area contributed by atoms with E-state index in [1.54, 1.807) is 23.1 Å². The number of unbranched alkanes of at least 4 members (excludes halogenated alkanes) is 1. The summed E-state index contributed by atoms with van der Waals surface area (Å²) in [6.45, 7) is 2.77. The molecule has 2 aromatic rings. The Labute approximate surface area is 98.5 Å². The van der Waals surface area contributed by atoms with Crippen LogP contribution in [-0.4, -0.2) is 30.6 Å². The second-order valence-corrected chi connectivity index (χ2v) is 3.71. The average Bonchev–Trinajstić information content (AvgIpc) is 2.94. The lowest BCUT2D eigenvalue weighted by atomic mass is 10.3. The second-order valence-electron chi connectivity index (χ2n) is 3.71. The molecule has 0 fully saturated rings. The van der Waals surface area contributed by atoms with Gasteiger partial charge in [-0.1, -0.05) is 13.3 Å². The van der Waals surface area contributed by atoms with Gasteiger partial charge in [0.1, 0.15) is 5.56 Å². The molecule has 2 heterocycles. The van der Waals surface area contributed by atoms with Gasteiger partial charge in [0.05, 0.1) is 6.20 Å². The molecule has 0 spiro atoms. The van der Waals surface area contributed by atoms with Crippen LogP contribution in [0.1, 0.15) is 30.1 Å². The molecule has 0 aromatic carbocycles. The molecular weight excluding hydrogens is 220 g/mol. The molecule has 2 aromatic heterocycles. The number of carbonyl (C=O) groups is 1. The van der Waals surface area contributed by atoms with Gasteiger partial charge in [-0.2, -0.15) is 10.2 Å². The molecule has 0 atom stereocenters. The molecule has 6 heteroatoms. The molecule has 1 N–H and O–H groups in total. The van der Waals surface area contributed by atoms with E-state index in [4.69, 9.17) is 5.11 Å². The zero-order valence-electron chi connectivity index (χ0n) is 9.58. The summed E-state index contributed by atoms with van der Waals surface area (Å²) in [5, 5.41) is 17.3. The molecule has 0 saturated heterocycles. The highest BCUT2D eigenvalue weighted by molar-refractivity contribution is 5.90. The fraction of sp³-hybridized carbons (Fsp3) is 0.364. The minimum Gasteiger partial charge on any atom is -0.477 e. The molecule has 90 valence electrons.